The van der Waals surface area contributed by atoms with Gasteiger partial charge in [-0.2, -0.15) is 10.1 Å². The van der Waals surface area contributed by atoms with Crippen molar-refractivity contribution in [2.75, 3.05) is 16.8 Å². The van der Waals surface area contributed by atoms with Crippen LogP contribution in [0.15, 0.2) is 17.6 Å². The first-order valence-electron chi connectivity index (χ1n) is 12.1. The lowest BCUT2D eigenvalue weighted by molar-refractivity contribution is -0.121. The zero-order chi connectivity index (χ0) is 23.1. The molecule has 0 amide bonds. The standard InChI is InChI=1S/C24H27N7O2S/c32-15-10-19(20(33)12-22-25-8-9-34-22)31(13-15)24-26-17-7-3-6-16(17)23(28-24)27-21-11-18(29-30-21)14-4-1-2-5-14/h8-9,11,14,19H,1-7,10,12-13H2,(H2,26,27,28,29,30). The molecule has 2 N–H and O–H groups in total. The van der Waals surface area contributed by atoms with Crippen molar-refractivity contribution < 1.29 is 9.59 Å². The van der Waals surface area contributed by atoms with E-state index >= 15 is 0 Å². The molecule has 9 nitrogen and oxygen atoms in total. The van der Waals surface area contributed by atoms with Gasteiger partial charge in [0.1, 0.15) is 5.82 Å². The van der Waals surface area contributed by atoms with E-state index in [-0.39, 0.29) is 31.0 Å². The molecule has 0 aromatic carbocycles. The van der Waals surface area contributed by atoms with Crippen LogP contribution in [0.5, 0.6) is 0 Å². The van der Waals surface area contributed by atoms with Gasteiger partial charge in [-0.05, 0) is 32.1 Å². The molecule has 10 heteroatoms. The first-order valence-corrected chi connectivity index (χ1v) is 12.9. The number of hydrogen-bond donors (Lipinski definition) is 2. The van der Waals surface area contributed by atoms with Crippen molar-refractivity contribution in [3.8, 4) is 0 Å². The molecule has 1 saturated heterocycles. The van der Waals surface area contributed by atoms with Crippen LogP contribution in [0.25, 0.3) is 0 Å². The third-order valence-electron chi connectivity index (χ3n) is 7.14. The molecule has 3 aromatic heterocycles. The molecular formula is C24H27N7O2S. The highest BCUT2D eigenvalue weighted by molar-refractivity contribution is 7.09. The first kappa shape index (κ1) is 21.4. The highest BCUT2D eigenvalue weighted by atomic mass is 32.1. The summed E-state index contributed by atoms with van der Waals surface area (Å²) in [5.74, 6) is 2.48. The van der Waals surface area contributed by atoms with E-state index in [1.54, 1.807) is 11.1 Å². The number of nitrogens with one attached hydrogen (secondary N) is 2. The van der Waals surface area contributed by atoms with Crippen LogP contribution in [0.1, 0.15) is 66.4 Å². The second kappa shape index (κ2) is 8.90. The average Bonchev–Trinajstić information content (AvgIpc) is 3.64. The van der Waals surface area contributed by atoms with Gasteiger partial charge in [-0.15, -0.1) is 11.3 Å². The van der Waals surface area contributed by atoms with E-state index in [1.165, 1.54) is 42.7 Å². The number of carbonyl (C=O) groups is 2. The van der Waals surface area contributed by atoms with E-state index in [0.29, 0.717) is 11.9 Å². The number of nitrogens with zero attached hydrogens (tertiary/aromatic N) is 5. The number of H-pyrrole nitrogens is 1. The molecule has 176 valence electrons. The molecule has 0 spiro atoms. The van der Waals surface area contributed by atoms with Gasteiger partial charge in [0.25, 0.3) is 0 Å². The fraction of sp³-hybridized carbons (Fsp3) is 0.500. The quantitative estimate of drug-likeness (QED) is 0.531. The van der Waals surface area contributed by atoms with Crippen molar-refractivity contribution in [2.24, 2.45) is 0 Å². The Balaban J connectivity index is 1.28. The van der Waals surface area contributed by atoms with Gasteiger partial charge >= 0.3 is 0 Å². The number of aromatic nitrogens is 5. The van der Waals surface area contributed by atoms with Crippen LogP contribution >= 0.6 is 11.3 Å². The van der Waals surface area contributed by atoms with Crippen LogP contribution < -0.4 is 10.2 Å². The zero-order valence-corrected chi connectivity index (χ0v) is 19.7. The summed E-state index contributed by atoms with van der Waals surface area (Å²) in [5.41, 5.74) is 3.26. The molecule has 0 radical (unpaired) electrons. The summed E-state index contributed by atoms with van der Waals surface area (Å²) in [6.45, 7) is 0.154. The smallest absolute Gasteiger partial charge is 0.228 e. The Morgan fingerprint density at radius 2 is 2.09 bits per heavy atom. The van der Waals surface area contributed by atoms with Crippen LogP contribution in [0.4, 0.5) is 17.6 Å². The van der Waals surface area contributed by atoms with Crippen molar-refractivity contribution in [3.63, 3.8) is 0 Å². The van der Waals surface area contributed by atoms with E-state index in [2.05, 4.69) is 26.6 Å². The predicted molar refractivity (Wildman–Crippen MR) is 129 cm³/mol. The van der Waals surface area contributed by atoms with Gasteiger partial charge in [0, 0.05) is 41.2 Å². The number of rotatable bonds is 7. The zero-order valence-electron chi connectivity index (χ0n) is 18.9. The van der Waals surface area contributed by atoms with Gasteiger partial charge < -0.3 is 10.2 Å². The van der Waals surface area contributed by atoms with Gasteiger partial charge in [-0.25, -0.2) is 9.97 Å². The van der Waals surface area contributed by atoms with Crippen molar-refractivity contribution in [3.05, 3.63) is 39.6 Å². The van der Waals surface area contributed by atoms with E-state index in [1.807, 2.05) is 5.38 Å². The molecule has 4 heterocycles. The Hall–Kier alpha value is -3.14. The molecular weight excluding hydrogens is 450 g/mol. The van der Waals surface area contributed by atoms with Crippen molar-refractivity contribution >= 4 is 40.5 Å². The monoisotopic (exact) mass is 477 g/mol. The largest absolute Gasteiger partial charge is 0.323 e. The molecule has 3 aliphatic rings. The number of carbonyl (C=O) groups excluding carboxylic acids is 2. The molecule has 1 unspecified atom stereocenters. The number of anilines is 3. The lowest BCUT2D eigenvalue weighted by Crippen LogP contribution is -2.38. The van der Waals surface area contributed by atoms with Gasteiger partial charge in [-0.3, -0.25) is 14.7 Å². The number of fused-ring (bicyclic) bond motifs is 1. The maximum atomic E-state index is 13.1. The molecule has 6 rings (SSSR count). The lowest BCUT2D eigenvalue weighted by atomic mass is 10.0. The van der Waals surface area contributed by atoms with Crippen molar-refractivity contribution in [1.29, 1.82) is 0 Å². The van der Waals surface area contributed by atoms with Crippen LogP contribution in [0.3, 0.4) is 0 Å². The molecule has 0 bridgehead atoms. The minimum atomic E-state index is -0.553. The summed E-state index contributed by atoms with van der Waals surface area (Å²) >= 11 is 1.45. The highest BCUT2D eigenvalue weighted by Gasteiger charge is 2.38. The van der Waals surface area contributed by atoms with Crippen LogP contribution in [0, 0.1) is 0 Å². The summed E-state index contributed by atoms with van der Waals surface area (Å²) < 4.78 is 0. The summed E-state index contributed by atoms with van der Waals surface area (Å²) in [6.07, 6.45) is 9.84. The van der Waals surface area contributed by atoms with Crippen LogP contribution in [-0.2, 0) is 28.9 Å². The molecule has 2 aliphatic carbocycles. The number of aromatic amines is 1. The van der Waals surface area contributed by atoms with Gasteiger partial charge in [0.15, 0.2) is 17.4 Å². The Morgan fingerprint density at radius 1 is 1.21 bits per heavy atom. The van der Waals surface area contributed by atoms with Gasteiger partial charge in [0.2, 0.25) is 5.95 Å². The number of aryl methyl sites for hydroxylation is 1. The number of hydrogen-bond acceptors (Lipinski definition) is 9. The molecule has 1 saturated carbocycles. The van der Waals surface area contributed by atoms with E-state index in [4.69, 9.17) is 9.97 Å². The average molecular weight is 478 g/mol. The maximum Gasteiger partial charge on any atom is 0.228 e. The van der Waals surface area contributed by atoms with E-state index in [9.17, 15) is 9.59 Å². The number of Topliss-reactive ketones (excluding diaryl/α,β-unsaturated/α-hetero) is 2. The first-order chi connectivity index (χ1) is 16.6. The number of thiazole rings is 1. The van der Waals surface area contributed by atoms with Crippen LogP contribution in [-0.4, -0.2) is 49.3 Å². The Bertz CT molecular complexity index is 1220. The van der Waals surface area contributed by atoms with E-state index in [0.717, 1.165) is 47.2 Å². The molecule has 34 heavy (non-hydrogen) atoms. The number of ketones is 2. The van der Waals surface area contributed by atoms with Gasteiger partial charge in [-0.1, -0.05) is 12.8 Å². The Morgan fingerprint density at radius 3 is 2.91 bits per heavy atom. The molecule has 1 atom stereocenters. The lowest BCUT2D eigenvalue weighted by Gasteiger charge is -2.24. The summed E-state index contributed by atoms with van der Waals surface area (Å²) in [5, 5.41) is 13.7. The predicted octanol–water partition coefficient (Wildman–Crippen LogP) is 3.51. The third-order valence-corrected chi connectivity index (χ3v) is 7.92. The third kappa shape index (κ3) is 4.11. The minimum Gasteiger partial charge on any atom is -0.323 e. The molecule has 2 fully saturated rings. The van der Waals surface area contributed by atoms with E-state index < -0.39 is 6.04 Å². The summed E-state index contributed by atoms with van der Waals surface area (Å²) in [7, 11) is 0. The second-order valence-corrected chi connectivity index (χ2v) is 10.4. The maximum absolute atomic E-state index is 13.1. The highest BCUT2D eigenvalue weighted by Crippen LogP contribution is 2.35. The normalized spacial score (nSPS) is 20.3. The molecule has 3 aromatic rings. The van der Waals surface area contributed by atoms with Crippen molar-refractivity contribution in [2.45, 2.75) is 69.7 Å². The fourth-order valence-corrected chi connectivity index (χ4v) is 6.04. The summed E-state index contributed by atoms with van der Waals surface area (Å²) in [4.78, 5) is 41.1. The minimum absolute atomic E-state index is 0.0204. The molecule has 1 aliphatic heterocycles. The SMILES string of the molecule is O=C1CC(C(=O)Cc2nccs2)N(c2nc3c(c(Nc4cc(C5CCCC5)[nH]n4)n2)CCC3)C1. The Kier molecular flexibility index (Phi) is 5.60. The Labute approximate surface area is 201 Å². The summed E-state index contributed by atoms with van der Waals surface area (Å²) in [6, 6.07) is 1.53. The second-order valence-electron chi connectivity index (χ2n) is 9.42. The van der Waals surface area contributed by atoms with Crippen molar-refractivity contribution in [1.82, 2.24) is 25.1 Å². The topological polar surface area (TPSA) is 117 Å². The van der Waals surface area contributed by atoms with Crippen LogP contribution in [0.2, 0.25) is 0 Å². The van der Waals surface area contributed by atoms with Gasteiger partial charge in [0.05, 0.1) is 29.7 Å². The fourth-order valence-electron chi connectivity index (χ4n) is 5.41.